The summed E-state index contributed by atoms with van der Waals surface area (Å²) in [4.78, 5) is 20.9. The summed E-state index contributed by atoms with van der Waals surface area (Å²) in [6.45, 7) is 4.80. The number of hydrogen-bond acceptors (Lipinski definition) is 4. The van der Waals surface area contributed by atoms with E-state index in [9.17, 15) is 28.1 Å². The first-order valence-electron chi connectivity index (χ1n) is 5.95. The number of esters is 1. The van der Waals surface area contributed by atoms with E-state index in [1.165, 1.54) is 12.1 Å². The number of nitro benzene ring substituents is 1. The van der Waals surface area contributed by atoms with Gasteiger partial charge in [0.15, 0.2) is 0 Å². The van der Waals surface area contributed by atoms with Gasteiger partial charge in [0, 0.05) is 17.5 Å². The lowest BCUT2D eigenvalue weighted by molar-refractivity contribution is -0.384. The summed E-state index contributed by atoms with van der Waals surface area (Å²) < 4.78 is 41.5. The molecule has 0 radical (unpaired) electrons. The summed E-state index contributed by atoms with van der Waals surface area (Å²) >= 11 is 0. The van der Waals surface area contributed by atoms with E-state index < -0.39 is 28.6 Å². The van der Waals surface area contributed by atoms with Crippen LogP contribution >= 0.6 is 0 Å². The number of ether oxygens (including phenoxy) is 1. The fraction of sp³-hybridized carbons (Fsp3) is 0.462. The van der Waals surface area contributed by atoms with Crippen LogP contribution in [0.25, 0.3) is 0 Å². The molecule has 0 heterocycles. The van der Waals surface area contributed by atoms with Crippen molar-refractivity contribution in [1.29, 1.82) is 0 Å². The molecule has 0 N–H and O–H groups in total. The Balaban J connectivity index is 3.09. The third-order valence-corrected chi connectivity index (χ3v) is 2.65. The van der Waals surface area contributed by atoms with Crippen LogP contribution in [0.4, 0.5) is 18.9 Å². The van der Waals surface area contributed by atoms with Crippen molar-refractivity contribution in [1.82, 2.24) is 0 Å². The molecule has 116 valence electrons. The zero-order valence-corrected chi connectivity index (χ0v) is 11.6. The molecule has 0 spiro atoms. The monoisotopic (exact) mass is 305 g/mol. The van der Waals surface area contributed by atoms with Gasteiger partial charge in [-0.25, -0.2) is 4.79 Å². The number of alkyl halides is 3. The van der Waals surface area contributed by atoms with Crippen LogP contribution in [-0.4, -0.2) is 17.1 Å². The number of halogens is 3. The number of rotatable bonds is 3. The normalized spacial score (nSPS) is 13.6. The molecule has 21 heavy (non-hydrogen) atoms. The molecule has 0 aliphatic carbocycles. The molecule has 1 unspecified atom stereocenters. The quantitative estimate of drug-likeness (QED) is 0.484. The molecule has 0 amide bonds. The zero-order valence-electron chi connectivity index (χ0n) is 11.6. The first-order chi connectivity index (χ1) is 9.43. The van der Waals surface area contributed by atoms with Crippen LogP contribution in [0.3, 0.4) is 0 Å². The molecular weight excluding hydrogens is 291 g/mol. The standard InChI is InChI=1S/C13H14F3NO4/c1-12(2,3)10(21-11(18)13(14,15)16)8-4-6-9(7-5-8)17(19)20/h4-7,10H,1-3H3. The molecule has 1 rings (SSSR count). The van der Waals surface area contributed by atoms with E-state index in [0.717, 1.165) is 12.1 Å². The Hall–Kier alpha value is -2.12. The minimum absolute atomic E-state index is 0.200. The molecule has 0 aromatic heterocycles. The van der Waals surface area contributed by atoms with E-state index in [0.29, 0.717) is 0 Å². The molecule has 0 saturated carbocycles. The summed E-state index contributed by atoms with van der Waals surface area (Å²) in [6.07, 6.45) is -6.27. The predicted octanol–water partition coefficient (Wildman–Crippen LogP) is 3.79. The van der Waals surface area contributed by atoms with Crippen molar-refractivity contribution in [2.24, 2.45) is 5.41 Å². The van der Waals surface area contributed by atoms with Crippen molar-refractivity contribution in [3.8, 4) is 0 Å². The summed E-state index contributed by atoms with van der Waals surface area (Å²) in [7, 11) is 0. The lowest BCUT2D eigenvalue weighted by Crippen LogP contribution is -2.31. The third-order valence-electron chi connectivity index (χ3n) is 2.65. The first kappa shape index (κ1) is 16.9. The van der Waals surface area contributed by atoms with E-state index in [1.54, 1.807) is 20.8 Å². The molecule has 5 nitrogen and oxygen atoms in total. The molecule has 0 saturated heterocycles. The average Bonchev–Trinajstić information content (AvgIpc) is 2.33. The molecule has 1 aromatic rings. The highest BCUT2D eigenvalue weighted by molar-refractivity contribution is 5.76. The maximum atomic E-state index is 12.3. The van der Waals surface area contributed by atoms with Gasteiger partial charge < -0.3 is 4.74 Å². The van der Waals surface area contributed by atoms with Crippen LogP contribution in [0.5, 0.6) is 0 Å². The smallest absolute Gasteiger partial charge is 0.450 e. The van der Waals surface area contributed by atoms with Crippen molar-refractivity contribution >= 4 is 11.7 Å². The third kappa shape index (κ3) is 4.44. The van der Waals surface area contributed by atoms with Gasteiger partial charge in [0.1, 0.15) is 6.10 Å². The van der Waals surface area contributed by atoms with Crippen LogP contribution in [-0.2, 0) is 9.53 Å². The first-order valence-corrected chi connectivity index (χ1v) is 5.95. The molecule has 1 atom stereocenters. The highest BCUT2D eigenvalue weighted by Crippen LogP contribution is 2.38. The molecular formula is C13H14F3NO4. The van der Waals surface area contributed by atoms with Gasteiger partial charge in [0.05, 0.1) is 4.92 Å². The van der Waals surface area contributed by atoms with E-state index in [2.05, 4.69) is 4.74 Å². The fourth-order valence-corrected chi connectivity index (χ4v) is 1.69. The Bertz CT molecular complexity index is 532. The van der Waals surface area contributed by atoms with Crippen LogP contribution in [0.1, 0.15) is 32.4 Å². The van der Waals surface area contributed by atoms with Gasteiger partial charge in [-0.1, -0.05) is 20.8 Å². The number of carbonyl (C=O) groups is 1. The van der Waals surface area contributed by atoms with Crippen molar-refractivity contribution in [2.45, 2.75) is 33.1 Å². The summed E-state index contributed by atoms with van der Waals surface area (Å²) in [5, 5.41) is 10.6. The van der Waals surface area contributed by atoms with Gasteiger partial charge in [-0.2, -0.15) is 13.2 Å². The molecule has 8 heteroatoms. The van der Waals surface area contributed by atoms with Gasteiger partial charge in [-0.15, -0.1) is 0 Å². The Labute approximate surface area is 118 Å². The second-order valence-corrected chi connectivity index (χ2v) is 5.50. The zero-order chi connectivity index (χ0) is 16.4. The maximum absolute atomic E-state index is 12.3. The van der Waals surface area contributed by atoms with Crippen LogP contribution in [0.15, 0.2) is 24.3 Å². The second kappa shape index (κ2) is 5.71. The summed E-state index contributed by atoms with van der Waals surface area (Å²) in [5.74, 6) is -2.29. The summed E-state index contributed by atoms with van der Waals surface area (Å²) in [5.41, 5.74) is -0.754. The molecule has 1 aromatic carbocycles. The van der Waals surface area contributed by atoms with Gasteiger partial charge in [-0.05, 0) is 17.7 Å². The Morgan fingerprint density at radius 1 is 1.19 bits per heavy atom. The highest BCUT2D eigenvalue weighted by Gasteiger charge is 2.44. The number of hydrogen-bond donors (Lipinski definition) is 0. The Morgan fingerprint density at radius 2 is 1.67 bits per heavy atom. The number of nitrogens with zero attached hydrogens (tertiary/aromatic N) is 1. The average molecular weight is 305 g/mol. The van der Waals surface area contributed by atoms with Crippen molar-refractivity contribution in [3.05, 3.63) is 39.9 Å². The predicted molar refractivity (Wildman–Crippen MR) is 67.4 cm³/mol. The summed E-state index contributed by atoms with van der Waals surface area (Å²) in [6, 6.07) is 4.85. The van der Waals surface area contributed by atoms with Gasteiger partial charge in [-0.3, -0.25) is 10.1 Å². The lowest BCUT2D eigenvalue weighted by atomic mass is 9.84. The van der Waals surface area contributed by atoms with Crippen LogP contribution < -0.4 is 0 Å². The van der Waals surface area contributed by atoms with Crippen LogP contribution in [0, 0.1) is 15.5 Å². The number of non-ortho nitro benzene ring substituents is 1. The van der Waals surface area contributed by atoms with Crippen LogP contribution in [0.2, 0.25) is 0 Å². The molecule has 0 bridgehead atoms. The van der Waals surface area contributed by atoms with E-state index in [1.807, 2.05) is 0 Å². The Kier molecular flexibility index (Phi) is 4.60. The van der Waals surface area contributed by atoms with E-state index in [4.69, 9.17) is 0 Å². The van der Waals surface area contributed by atoms with Gasteiger partial charge in [0.25, 0.3) is 5.69 Å². The molecule has 0 fully saturated rings. The molecule has 0 aliphatic rings. The van der Waals surface area contributed by atoms with Crippen molar-refractivity contribution in [2.75, 3.05) is 0 Å². The van der Waals surface area contributed by atoms with E-state index >= 15 is 0 Å². The highest BCUT2D eigenvalue weighted by atomic mass is 19.4. The van der Waals surface area contributed by atoms with Crippen molar-refractivity contribution in [3.63, 3.8) is 0 Å². The lowest BCUT2D eigenvalue weighted by Gasteiger charge is -2.30. The van der Waals surface area contributed by atoms with Gasteiger partial charge >= 0.3 is 12.1 Å². The second-order valence-electron chi connectivity index (χ2n) is 5.50. The number of carbonyl (C=O) groups excluding carboxylic acids is 1. The van der Waals surface area contributed by atoms with Crippen molar-refractivity contribution < 1.29 is 27.6 Å². The minimum Gasteiger partial charge on any atom is -0.450 e. The number of nitro groups is 1. The molecule has 0 aliphatic heterocycles. The number of benzene rings is 1. The SMILES string of the molecule is CC(C)(C)C(OC(=O)C(F)(F)F)c1ccc([N+](=O)[O-])cc1. The largest absolute Gasteiger partial charge is 0.490 e. The topological polar surface area (TPSA) is 69.4 Å². The minimum atomic E-state index is -5.09. The Morgan fingerprint density at radius 3 is 2.00 bits per heavy atom. The van der Waals surface area contributed by atoms with E-state index in [-0.39, 0.29) is 11.3 Å². The fourth-order valence-electron chi connectivity index (χ4n) is 1.69. The van der Waals surface area contributed by atoms with Gasteiger partial charge in [0.2, 0.25) is 0 Å². The maximum Gasteiger partial charge on any atom is 0.490 e.